The first-order valence-electron chi connectivity index (χ1n) is 8.47. The van der Waals surface area contributed by atoms with Crippen molar-refractivity contribution in [2.75, 3.05) is 13.2 Å². The van der Waals surface area contributed by atoms with Gasteiger partial charge in [-0.1, -0.05) is 20.8 Å². The average Bonchev–Trinajstić information content (AvgIpc) is 2.37. The zero-order chi connectivity index (χ0) is 18.3. The molecule has 6 heteroatoms. The van der Waals surface area contributed by atoms with E-state index < -0.39 is 26.2 Å². The summed E-state index contributed by atoms with van der Waals surface area (Å²) in [5.41, 5.74) is 0. The van der Waals surface area contributed by atoms with Crippen LogP contribution in [0.4, 0.5) is 0 Å². The van der Waals surface area contributed by atoms with Gasteiger partial charge in [0.15, 0.2) is 14.2 Å². The van der Waals surface area contributed by atoms with Crippen LogP contribution in [0.3, 0.4) is 0 Å². The van der Waals surface area contributed by atoms with E-state index in [1.807, 2.05) is 6.92 Å². The highest BCUT2D eigenvalue weighted by Crippen LogP contribution is 2.37. The fraction of sp³-hybridized carbons (Fsp3) is 0.882. The summed E-state index contributed by atoms with van der Waals surface area (Å²) in [6.45, 7) is 16.9. The van der Waals surface area contributed by atoms with E-state index in [9.17, 15) is 9.59 Å². The van der Waals surface area contributed by atoms with E-state index in [1.54, 1.807) is 13.8 Å². The van der Waals surface area contributed by atoms with Gasteiger partial charge in [0.05, 0.1) is 13.2 Å². The molecule has 0 unspecified atom stereocenters. The van der Waals surface area contributed by atoms with Crippen LogP contribution < -0.4 is 0 Å². The quantitative estimate of drug-likeness (QED) is 0.360. The van der Waals surface area contributed by atoms with Crippen LogP contribution in [0.1, 0.15) is 54.4 Å². The number of carbonyl (C=O) groups excluding carboxylic acids is 2. The van der Waals surface area contributed by atoms with Crippen LogP contribution in [0.2, 0.25) is 18.1 Å². The molecule has 0 aliphatic rings. The summed E-state index contributed by atoms with van der Waals surface area (Å²) in [5.74, 6) is -1.88. The normalized spacial score (nSPS) is 13.8. The first-order chi connectivity index (χ1) is 10.5. The zero-order valence-electron chi connectivity index (χ0n) is 16.0. The van der Waals surface area contributed by atoms with Crippen molar-refractivity contribution in [3.8, 4) is 0 Å². The fourth-order valence-corrected chi connectivity index (χ4v) is 3.43. The van der Waals surface area contributed by atoms with Gasteiger partial charge in [-0.05, 0) is 51.7 Å². The molecule has 0 saturated heterocycles. The Morgan fingerprint density at radius 3 is 1.74 bits per heavy atom. The van der Waals surface area contributed by atoms with Crippen molar-refractivity contribution in [2.24, 2.45) is 5.92 Å². The van der Waals surface area contributed by atoms with Crippen LogP contribution in [-0.4, -0.2) is 39.6 Å². The maximum Gasteiger partial charge on any atom is 0.320 e. The molecule has 0 heterocycles. The van der Waals surface area contributed by atoms with Crippen molar-refractivity contribution in [1.29, 1.82) is 0 Å². The van der Waals surface area contributed by atoms with Crippen LogP contribution in [0, 0.1) is 5.92 Å². The monoisotopic (exact) mass is 346 g/mol. The molecule has 0 amide bonds. The molecule has 0 fully saturated rings. The largest absolute Gasteiger partial charge is 0.465 e. The minimum atomic E-state index is -1.86. The van der Waals surface area contributed by atoms with E-state index >= 15 is 0 Å². The van der Waals surface area contributed by atoms with Crippen molar-refractivity contribution in [2.45, 2.75) is 78.6 Å². The minimum Gasteiger partial charge on any atom is -0.465 e. The molecule has 0 aromatic heterocycles. The smallest absolute Gasteiger partial charge is 0.320 e. The van der Waals surface area contributed by atoms with Crippen LogP contribution >= 0.6 is 0 Å². The third-order valence-corrected chi connectivity index (χ3v) is 8.91. The highest BCUT2D eigenvalue weighted by atomic mass is 28.4. The number of rotatable bonds is 9. The van der Waals surface area contributed by atoms with E-state index in [1.165, 1.54) is 0 Å². The summed E-state index contributed by atoms with van der Waals surface area (Å²) in [5, 5.41) is 0.128. The Hall–Kier alpha value is -0.883. The molecule has 0 aromatic carbocycles. The summed E-state index contributed by atoms with van der Waals surface area (Å²) in [4.78, 5) is 23.9. The minimum absolute atomic E-state index is 0.0118. The molecule has 0 radical (unpaired) electrons. The summed E-state index contributed by atoms with van der Waals surface area (Å²) < 4.78 is 16.2. The molecule has 1 atom stereocenters. The predicted molar refractivity (Wildman–Crippen MR) is 93.7 cm³/mol. The second kappa shape index (κ2) is 9.42. The second-order valence-corrected chi connectivity index (χ2v) is 12.1. The van der Waals surface area contributed by atoms with Crippen LogP contribution in [-0.2, 0) is 23.5 Å². The summed E-state index contributed by atoms with van der Waals surface area (Å²) >= 11 is 0. The van der Waals surface area contributed by atoms with Gasteiger partial charge < -0.3 is 13.9 Å². The third-order valence-electron chi connectivity index (χ3n) is 4.31. The van der Waals surface area contributed by atoms with E-state index in [2.05, 4.69) is 33.9 Å². The van der Waals surface area contributed by atoms with Gasteiger partial charge in [0.25, 0.3) is 0 Å². The average molecular weight is 347 g/mol. The van der Waals surface area contributed by atoms with Gasteiger partial charge in [0.1, 0.15) is 0 Å². The zero-order valence-corrected chi connectivity index (χ0v) is 17.0. The summed E-state index contributed by atoms with van der Waals surface area (Å²) in [6, 6.07) is 0. The Balaban J connectivity index is 4.72. The molecule has 23 heavy (non-hydrogen) atoms. The van der Waals surface area contributed by atoms with Gasteiger partial charge in [0.2, 0.25) is 0 Å². The maximum absolute atomic E-state index is 12.0. The van der Waals surface area contributed by atoms with Crippen LogP contribution in [0.15, 0.2) is 0 Å². The molecule has 0 rings (SSSR count). The highest BCUT2D eigenvalue weighted by molar-refractivity contribution is 6.74. The molecule has 0 spiro atoms. The van der Waals surface area contributed by atoms with Crippen molar-refractivity contribution in [3.05, 3.63) is 0 Å². The molecule has 5 nitrogen and oxygen atoms in total. The number of hydrogen-bond donors (Lipinski definition) is 0. The Morgan fingerprint density at radius 2 is 1.39 bits per heavy atom. The molecule has 0 bridgehead atoms. The Morgan fingerprint density at radius 1 is 0.957 bits per heavy atom. The third kappa shape index (κ3) is 7.48. The van der Waals surface area contributed by atoms with Gasteiger partial charge >= 0.3 is 11.9 Å². The highest BCUT2D eigenvalue weighted by Gasteiger charge is 2.39. The second-order valence-electron chi connectivity index (χ2n) is 7.32. The van der Waals surface area contributed by atoms with Crippen molar-refractivity contribution >= 4 is 20.3 Å². The molecular formula is C17H34O5Si. The summed E-state index contributed by atoms with van der Waals surface area (Å²) in [7, 11) is -1.86. The first-order valence-corrected chi connectivity index (χ1v) is 11.4. The fourth-order valence-electron chi connectivity index (χ4n) is 1.96. The van der Waals surface area contributed by atoms with Crippen molar-refractivity contribution in [3.63, 3.8) is 0 Å². The lowest BCUT2D eigenvalue weighted by molar-refractivity contribution is -0.162. The van der Waals surface area contributed by atoms with Crippen molar-refractivity contribution < 1.29 is 23.5 Å². The van der Waals surface area contributed by atoms with Crippen molar-refractivity contribution in [1.82, 2.24) is 0 Å². The number of carbonyl (C=O) groups is 2. The summed E-state index contributed by atoms with van der Waals surface area (Å²) in [6.07, 6.45) is 0.990. The molecule has 136 valence electrons. The lowest BCUT2D eigenvalue weighted by atomic mass is 10.0. The lowest BCUT2D eigenvalue weighted by Crippen LogP contribution is -2.43. The standard InChI is InChI=1S/C17H34O5Si/c1-9-20-15(18)14(16(19)21-10-2)12-11-13(3)22-23(7,8)17(4,5)6/h13-14H,9-12H2,1-8H3/t13-/m1/s1. The molecular weight excluding hydrogens is 312 g/mol. The van der Waals surface area contributed by atoms with Gasteiger partial charge in [0, 0.05) is 6.10 Å². The Labute approximate surface area is 142 Å². The molecule has 0 aromatic rings. The number of hydrogen-bond acceptors (Lipinski definition) is 5. The molecule has 0 aliphatic heterocycles. The first kappa shape index (κ1) is 22.1. The predicted octanol–water partition coefficient (Wildman–Crippen LogP) is 3.92. The van der Waals surface area contributed by atoms with Gasteiger partial charge in [-0.2, -0.15) is 0 Å². The van der Waals surface area contributed by atoms with Crippen LogP contribution in [0.5, 0.6) is 0 Å². The van der Waals surface area contributed by atoms with Crippen LogP contribution in [0.25, 0.3) is 0 Å². The van der Waals surface area contributed by atoms with Gasteiger partial charge in [-0.15, -0.1) is 0 Å². The lowest BCUT2D eigenvalue weighted by Gasteiger charge is -2.38. The van der Waals surface area contributed by atoms with Gasteiger partial charge in [-0.3, -0.25) is 9.59 Å². The topological polar surface area (TPSA) is 61.8 Å². The van der Waals surface area contributed by atoms with Gasteiger partial charge in [-0.25, -0.2) is 0 Å². The van der Waals surface area contributed by atoms with E-state index in [-0.39, 0.29) is 24.4 Å². The molecule has 0 N–H and O–H groups in total. The number of ether oxygens (including phenoxy) is 2. The molecule has 0 aliphatic carbocycles. The van der Waals surface area contributed by atoms with E-state index in [0.717, 1.165) is 0 Å². The van der Waals surface area contributed by atoms with E-state index in [0.29, 0.717) is 12.8 Å². The number of esters is 2. The Kier molecular flexibility index (Phi) is 9.06. The molecule has 0 saturated carbocycles. The maximum atomic E-state index is 12.0. The van der Waals surface area contributed by atoms with E-state index in [4.69, 9.17) is 13.9 Å². The SMILES string of the molecule is CCOC(=O)C(CC[C@@H](C)O[Si](C)(C)C(C)(C)C)C(=O)OCC. The Bertz CT molecular complexity index is 369.